The number of nitro benzene ring substituents is 1. The van der Waals surface area contributed by atoms with E-state index in [0.29, 0.717) is 16.9 Å². The third-order valence-corrected chi connectivity index (χ3v) is 3.00. The van der Waals surface area contributed by atoms with Crippen LogP contribution in [0.3, 0.4) is 0 Å². The molecule has 0 radical (unpaired) electrons. The molecule has 0 N–H and O–H groups in total. The van der Waals surface area contributed by atoms with Crippen molar-refractivity contribution in [3.63, 3.8) is 0 Å². The van der Waals surface area contributed by atoms with Crippen molar-refractivity contribution in [1.29, 1.82) is 5.26 Å². The van der Waals surface area contributed by atoms with E-state index in [-0.39, 0.29) is 17.0 Å². The molecule has 2 aromatic rings. The number of hydrogen-bond donors (Lipinski definition) is 0. The van der Waals surface area contributed by atoms with E-state index < -0.39 is 10.7 Å². The third-order valence-electron chi connectivity index (χ3n) is 3.00. The lowest BCUT2D eigenvalue weighted by atomic mass is 10.1. The van der Waals surface area contributed by atoms with Gasteiger partial charge in [0.25, 0.3) is 5.69 Å². The summed E-state index contributed by atoms with van der Waals surface area (Å²) in [6, 6.07) is 8.69. The molecule has 0 spiro atoms. The van der Waals surface area contributed by atoms with Crippen LogP contribution in [0.1, 0.15) is 16.7 Å². The number of nitro groups is 1. The average Bonchev–Trinajstić information content (AvgIpc) is 2.42. The minimum Gasteiger partial charge on any atom is -0.456 e. The first-order chi connectivity index (χ1) is 9.93. The van der Waals surface area contributed by atoms with Gasteiger partial charge in [-0.15, -0.1) is 0 Å². The first-order valence-corrected chi connectivity index (χ1v) is 6.06. The zero-order valence-electron chi connectivity index (χ0n) is 11.4. The number of ether oxygens (including phenoxy) is 1. The number of nitrogens with zero attached hydrogens (tertiary/aromatic N) is 2. The predicted molar refractivity (Wildman–Crippen MR) is 73.8 cm³/mol. The molecule has 0 atom stereocenters. The highest BCUT2D eigenvalue weighted by Gasteiger charge is 2.16. The van der Waals surface area contributed by atoms with Crippen molar-refractivity contribution in [2.24, 2.45) is 0 Å². The van der Waals surface area contributed by atoms with Gasteiger partial charge in [0.2, 0.25) is 0 Å². The van der Waals surface area contributed by atoms with Crippen molar-refractivity contribution in [2.45, 2.75) is 13.8 Å². The first kappa shape index (κ1) is 14.5. The largest absolute Gasteiger partial charge is 0.456 e. The molecule has 2 aromatic carbocycles. The fourth-order valence-corrected chi connectivity index (χ4v) is 1.90. The standard InChI is InChI=1S/C15H11FN2O3/c1-9-7-15(10(2)6-13(9)18(19)20)21-14-5-3-4-12(16)11(14)8-17/h3-7H,1-2H3. The van der Waals surface area contributed by atoms with Crippen LogP contribution in [0.2, 0.25) is 0 Å². The fourth-order valence-electron chi connectivity index (χ4n) is 1.90. The van der Waals surface area contributed by atoms with Gasteiger partial charge in [0.1, 0.15) is 28.9 Å². The summed E-state index contributed by atoms with van der Waals surface area (Å²) in [6.07, 6.45) is 0. The smallest absolute Gasteiger partial charge is 0.272 e. The Kier molecular flexibility index (Phi) is 3.85. The monoisotopic (exact) mass is 286 g/mol. The molecule has 0 amide bonds. The second-order valence-electron chi connectivity index (χ2n) is 4.49. The number of benzene rings is 2. The van der Waals surface area contributed by atoms with E-state index in [1.165, 1.54) is 30.3 Å². The number of halogens is 1. The number of hydrogen-bond acceptors (Lipinski definition) is 4. The quantitative estimate of drug-likeness (QED) is 0.630. The maximum absolute atomic E-state index is 13.5. The van der Waals surface area contributed by atoms with Crippen molar-refractivity contribution in [2.75, 3.05) is 0 Å². The van der Waals surface area contributed by atoms with Crippen LogP contribution >= 0.6 is 0 Å². The molecule has 0 saturated carbocycles. The van der Waals surface area contributed by atoms with Gasteiger partial charge in [0, 0.05) is 11.6 Å². The summed E-state index contributed by atoms with van der Waals surface area (Å²) in [6.45, 7) is 3.23. The van der Waals surface area contributed by atoms with Crippen LogP contribution in [0.4, 0.5) is 10.1 Å². The highest BCUT2D eigenvalue weighted by molar-refractivity contribution is 5.52. The Labute approximate surface area is 120 Å². The fraction of sp³-hybridized carbons (Fsp3) is 0.133. The Balaban J connectivity index is 2.47. The Morgan fingerprint density at radius 1 is 1.24 bits per heavy atom. The van der Waals surface area contributed by atoms with Gasteiger partial charge in [0.05, 0.1) is 4.92 Å². The van der Waals surface area contributed by atoms with Crippen molar-refractivity contribution in [3.8, 4) is 17.6 Å². The van der Waals surface area contributed by atoms with Gasteiger partial charge in [-0.1, -0.05) is 6.07 Å². The van der Waals surface area contributed by atoms with E-state index >= 15 is 0 Å². The van der Waals surface area contributed by atoms with E-state index in [1.807, 2.05) is 0 Å². The maximum Gasteiger partial charge on any atom is 0.272 e. The molecule has 0 heterocycles. The van der Waals surface area contributed by atoms with Crippen molar-refractivity contribution in [1.82, 2.24) is 0 Å². The van der Waals surface area contributed by atoms with Gasteiger partial charge >= 0.3 is 0 Å². The zero-order chi connectivity index (χ0) is 15.6. The third kappa shape index (κ3) is 2.82. The molecule has 21 heavy (non-hydrogen) atoms. The van der Waals surface area contributed by atoms with E-state index in [4.69, 9.17) is 10.00 Å². The highest BCUT2D eigenvalue weighted by atomic mass is 19.1. The van der Waals surface area contributed by atoms with Crippen molar-refractivity contribution >= 4 is 5.69 Å². The van der Waals surface area contributed by atoms with Gasteiger partial charge in [-0.05, 0) is 37.6 Å². The van der Waals surface area contributed by atoms with E-state index in [0.717, 1.165) is 0 Å². The van der Waals surface area contributed by atoms with Gasteiger partial charge in [0.15, 0.2) is 0 Å². The SMILES string of the molecule is Cc1cc([N+](=O)[O-])c(C)cc1Oc1cccc(F)c1C#N. The lowest BCUT2D eigenvalue weighted by molar-refractivity contribution is -0.385. The van der Waals surface area contributed by atoms with Crippen LogP contribution in [0.15, 0.2) is 30.3 Å². The van der Waals surface area contributed by atoms with E-state index in [1.54, 1.807) is 19.9 Å². The first-order valence-electron chi connectivity index (χ1n) is 6.06. The summed E-state index contributed by atoms with van der Waals surface area (Å²) in [7, 11) is 0. The van der Waals surface area contributed by atoms with Crippen LogP contribution in [-0.2, 0) is 0 Å². The van der Waals surface area contributed by atoms with Crippen LogP contribution < -0.4 is 4.74 Å². The van der Waals surface area contributed by atoms with Crippen LogP contribution in [0.5, 0.6) is 11.5 Å². The minimum atomic E-state index is -0.675. The minimum absolute atomic E-state index is 0.0143. The summed E-state index contributed by atoms with van der Waals surface area (Å²) < 4.78 is 19.1. The Morgan fingerprint density at radius 3 is 2.57 bits per heavy atom. The second-order valence-corrected chi connectivity index (χ2v) is 4.49. The van der Waals surface area contributed by atoms with Crippen molar-refractivity contribution < 1.29 is 14.1 Å². The topological polar surface area (TPSA) is 76.2 Å². The van der Waals surface area contributed by atoms with Crippen LogP contribution in [0.25, 0.3) is 0 Å². The van der Waals surface area contributed by atoms with E-state index in [2.05, 4.69) is 0 Å². The average molecular weight is 286 g/mol. The highest BCUT2D eigenvalue weighted by Crippen LogP contribution is 2.32. The maximum atomic E-state index is 13.5. The Hall–Kier alpha value is -2.94. The molecular weight excluding hydrogens is 275 g/mol. The molecule has 0 saturated heterocycles. The summed E-state index contributed by atoms with van der Waals surface area (Å²) in [4.78, 5) is 10.4. The molecule has 0 unspecified atom stereocenters. The molecule has 2 rings (SSSR count). The lowest BCUT2D eigenvalue weighted by Crippen LogP contribution is -1.97. The Bertz CT molecular complexity index is 766. The second kappa shape index (κ2) is 5.59. The van der Waals surface area contributed by atoms with Gasteiger partial charge in [-0.3, -0.25) is 10.1 Å². The zero-order valence-corrected chi connectivity index (χ0v) is 11.4. The van der Waals surface area contributed by atoms with Crippen molar-refractivity contribution in [3.05, 3.63) is 63.0 Å². The molecular formula is C15H11FN2O3. The molecule has 0 aliphatic carbocycles. The molecule has 0 aliphatic heterocycles. The predicted octanol–water partition coefficient (Wildman–Crippen LogP) is 4.01. The number of rotatable bonds is 3. The Morgan fingerprint density at radius 2 is 1.95 bits per heavy atom. The number of aryl methyl sites for hydroxylation is 2. The molecule has 0 aliphatic rings. The normalized spacial score (nSPS) is 10.0. The summed E-state index contributed by atoms with van der Waals surface area (Å²) in [5.74, 6) is -0.250. The van der Waals surface area contributed by atoms with Gasteiger partial charge in [-0.2, -0.15) is 5.26 Å². The lowest BCUT2D eigenvalue weighted by Gasteiger charge is -2.11. The van der Waals surface area contributed by atoms with E-state index in [9.17, 15) is 14.5 Å². The molecule has 5 nitrogen and oxygen atoms in total. The summed E-state index contributed by atoms with van der Waals surface area (Å²) >= 11 is 0. The number of nitriles is 1. The van der Waals surface area contributed by atoms with Gasteiger partial charge < -0.3 is 4.74 Å². The van der Waals surface area contributed by atoms with Crippen LogP contribution in [0, 0.1) is 41.1 Å². The molecule has 0 aromatic heterocycles. The molecule has 106 valence electrons. The van der Waals surface area contributed by atoms with Gasteiger partial charge in [-0.25, -0.2) is 4.39 Å². The summed E-state index contributed by atoms with van der Waals surface area (Å²) in [5, 5.41) is 19.8. The van der Waals surface area contributed by atoms with Crippen LogP contribution in [-0.4, -0.2) is 4.92 Å². The summed E-state index contributed by atoms with van der Waals surface area (Å²) in [5.41, 5.74) is 0.739. The molecule has 6 heteroatoms. The molecule has 0 bridgehead atoms. The molecule has 0 fully saturated rings.